The summed E-state index contributed by atoms with van der Waals surface area (Å²) in [6.45, 7) is 1.77. The average molecular weight is 753 g/mol. The lowest BCUT2D eigenvalue weighted by molar-refractivity contribution is -0.123. The van der Waals surface area contributed by atoms with Crippen LogP contribution in [0.3, 0.4) is 0 Å². The average Bonchev–Trinajstić information content (AvgIpc) is 3.83. The van der Waals surface area contributed by atoms with Gasteiger partial charge in [0.25, 0.3) is 5.91 Å². The molecule has 9 rings (SSSR count). The number of aryl methyl sites for hydroxylation is 1. The van der Waals surface area contributed by atoms with Gasteiger partial charge in [0, 0.05) is 37.2 Å². The van der Waals surface area contributed by atoms with Crippen molar-refractivity contribution >= 4 is 78.9 Å². The van der Waals surface area contributed by atoms with Gasteiger partial charge >= 0.3 is 4.87 Å². The van der Waals surface area contributed by atoms with Crippen molar-refractivity contribution in [3.05, 3.63) is 115 Å². The number of aromatic nitrogens is 1. The summed E-state index contributed by atoms with van der Waals surface area (Å²) in [6, 6.07) is 27.0. The summed E-state index contributed by atoms with van der Waals surface area (Å²) in [6.07, 6.45) is 0.782. The molecule has 5 aromatic rings. The Morgan fingerprint density at radius 1 is 0.959 bits per heavy atom. The van der Waals surface area contributed by atoms with E-state index in [0.717, 1.165) is 42.7 Å². The minimum absolute atomic E-state index is 0.000977. The van der Waals surface area contributed by atoms with E-state index >= 15 is 0 Å². The van der Waals surface area contributed by atoms with E-state index in [4.69, 9.17) is 4.74 Å². The molecular weight excluding hydrogens is 722 g/mol. The molecule has 2 aliphatic heterocycles. The Kier molecular flexibility index (Phi) is 7.37. The van der Waals surface area contributed by atoms with Crippen molar-refractivity contribution in [1.82, 2.24) is 4.98 Å². The van der Waals surface area contributed by atoms with Crippen LogP contribution < -0.4 is 19.8 Å². The Labute approximate surface area is 298 Å². The lowest BCUT2D eigenvalue weighted by Gasteiger charge is -2.43. The molecule has 2 N–H and O–H groups in total. The fourth-order valence-corrected chi connectivity index (χ4v) is 12.1. The number of imide groups is 1. The Morgan fingerprint density at radius 2 is 1.71 bits per heavy atom. The van der Waals surface area contributed by atoms with Crippen LogP contribution in [0.4, 0.5) is 11.4 Å². The molecule has 7 atom stereocenters. The van der Waals surface area contributed by atoms with Gasteiger partial charge in [0.15, 0.2) is 6.61 Å². The zero-order chi connectivity index (χ0) is 33.6. The zero-order valence-corrected chi connectivity index (χ0v) is 29.4. The van der Waals surface area contributed by atoms with Crippen LogP contribution in [0.1, 0.15) is 28.3 Å². The van der Waals surface area contributed by atoms with E-state index in [1.165, 1.54) is 16.2 Å². The highest BCUT2D eigenvalue weighted by molar-refractivity contribution is 9.10. The summed E-state index contributed by atoms with van der Waals surface area (Å²) >= 11 is 6.50. The van der Waals surface area contributed by atoms with Crippen LogP contribution in [0.15, 0.2) is 99.2 Å². The molecule has 1 saturated heterocycles. The first kappa shape index (κ1) is 30.8. The smallest absolute Gasteiger partial charge is 0.305 e. The maximum Gasteiger partial charge on any atom is 0.305 e. The van der Waals surface area contributed by atoms with Gasteiger partial charge in [-0.2, -0.15) is 0 Å². The van der Waals surface area contributed by atoms with Crippen LogP contribution in [-0.2, 0) is 14.4 Å². The van der Waals surface area contributed by atoms with Gasteiger partial charge < -0.3 is 15.0 Å². The van der Waals surface area contributed by atoms with Gasteiger partial charge in [-0.25, -0.2) is 0 Å². The van der Waals surface area contributed by atoms with Crippen molar-refractivity contribution in [2.45, 2.75) is 29.5 Å². The molecule has 4 aromatic carbocycles. The van der Waals surface area contributed by atoms with E-state index < -0.39 is 5.92 Å². The molecule has 246 valence electrons. The quantitative estimate of drug-likeness (QED) is 0.176. The number of carbonyl (C=O) groups excluding carboxylic acids is 3. The summed E-state index contributed by atoms with van der Waals surface area (Å²) in [7, 11) is 0. The molecule has 3 amide bonds. The first-order valence-corrected chi connectivity index (χ1v) is 18.8. The number of halogens is 1. The lowest BCUT2D eigenvalue weighted by Crippen LogP contribution is -2.42. The summed E-state index contributed by atoms with van der Waals surface area (Å²) < 4.78 is 7.14. The van der Waals surface area contributed by atoms with Crippen molar-refractivity contribution in [2.24, 2.45) is 29.6 Å². The topological polar surface area (TPSA) is 109 Å². The number of ether oxygens (including phenoxy) is 1. The molecule has 6 unspecified atom stereocenters. The van der Waals surface area contributed by atoms with Gasteiger partial charge in [-0.15, -0.1) is 11.8 Å². The highest BCUT2D eigenvalue weighted by Gasteiger charge is 2.69. The van der Waals surface area contributed by atoms with Crippen LogP contribution in [-0.4, -0.2) is 34.6 Å². The summed E-state index contributed by atoms with van der Waals surface area (Å²) in [5.41, 5.74) is 3.25. The van der Waals surface area contributed by atoms with Crippen molar-refractivity contribution in [1.29, 1.82) is 0 Å². The largest absolute Gasteiger partial charge is 0.483 e. The zero-order valence-electron chi connectivity index (χ0n) is 26.2. The van der Waals surface area contributed by atoms with E-state index in [-0.39, 0.29) is 64.0 Å². The van der Waals surface area contributed by atoms with Crippen LogP contribution in [0.2, 0.25) is 0 Å². The molecule has 3 fully saturated rings. The first-order valence-electron chi connectivity index (χ1n) is 16.3. The van der Waals surface area contributed by atoms with Gasteiger partial charge in [0.05, 0.1) is 22.5 Å². The standard InChI is InChI=1S/C38H30BrN3O5S2/c1-18-9-12-21(13-10-18)42-36(44)31-24-16-25(32(31)37(42)45)33-30(24)29(34-35(48-33)41-38(46)49-34)23-15-20(39)11-14-27(23)47-17-28(43)40-26-8-4-6-19-5-2-3-7-22(19)26/h2-15,24-25,29-33H,16-17H2,1H3,(H,40,43)(H,41,46)/t24?,25?,29-,30?,31?,32?,33?/m1/s1. The highest BCUT2D eigenvalue weighted by atomic mass is 79.9. The Bertz CT molecular complexity index is 2240. The van der Waals surface area contributed by atoms with Crippen LogP contribution in [0, 0.1) is 36.5 Å². The number of benzene rings is 4. The van der Waals surface area contributed by atoms with Crippen LogP contribution in [0.25, 0.3) is 10.8 Å². The Balaban J connectivity index is 1.05. The second-order valence-electron chi connectivity index (χ2n) is 13.4. The number of fused-ring (bicyclic) bond motifs is 10. The molecule has 8 nitrogen and oxygen atoms in total. The monoisotopic (exact) mass is 751 g/mol. The van der Waals surface area contributed by atoms with Gasteiger partial charge in [-0.05, 0) is 72.9 Å². The van der Waals surface area contributed by atoms with E-state index in [0.29, 0.717) is 17.1 Å². The molecule has 0 spiro atoms. The molecule has 0 radical (unpaired) electrons. The van der Waals surface area contributed by atoms with Crippen molar-refractivity contribution in [3.8, 4) is 5.75 Å². The molecule has 4 aliphatic rings. The third-order valence-corrected chi connectivity index (χ3v) is 13.8. The number of aromatic amines is 1. The number of rotatable bonds is 6. The first-order chi connectivity index (χ1) is 23.8. The minimum Gasteiger partial charge on any atom is -0.483 e. The van der Waals surface area contributed by atoms with E-state index in [9.17, 15) is 19.2 Å². The third kappa shape index (κ3) is 4.92. The second-order valence-corrected chi connectivity index (χ2v) is 16.5. The predicted octanol–water partition coefficient (Wildman–Crippen LogP) is 7.36. The Morgan fingerprint density at radius 3 is 2.53 bits per heavy atom. The molecule has 49 heavy (non-hydrogen) atoms. The number of H-pyrrole nitrogens is 1. The highest BCUT2D eigenvalue weighted by Crippen LogP contribution is 2.69. The molecule has 2 bridgehead atoms. The van der Waals surface area contributed by atoms with Crippen molar-refractivity contribution < 1.29 is 19.1 Å². The number of hydrogen-bond donors (Lipinski definition) is 2. The molecular formula is C38H30BrN3O5S2. The normalized spacial score (nSPS) is 26.5. The SMILES string of the molecule is Cc1ccc(N2C(=O)C3C4CC(C3C2=O)C2C4Sc3[nH]c(=O)sc3[C@@H]2c2cc(Br)ccc2OCC(=O)Nc2cccc3ccccc23)cc1. The maximum absolute atomic E-state index is 14.1. The molecule has 2 aliphatic carbocycles. The lowest BCUT2D eigenvalue weighted by atomic mass is 9.68. The van der Waals surface area contributed by atoms with Crippen molar-refractivity contribution in [2.75, 3.05) is 16.8 Å². The minimum atomic E-state index is -0.414. The van der Waals surface area contributed by atoms with Crippen LogP contribution >= 0.6 is 39.0 Å². The number of nitrogens with zero attached hydrogens (tertiary/aromatic N) is 1. The number of anilines is 2. The second kappa shape index (κ2) is 11.7. The summed E-state index contributed by atoms with van der Waals surface area (Å²) in [5.74, 6) is -1.09. The van der Waals surface area contributed by atoms with E-state index in [1.54, 1.807) is 11.8 Å². The molecule has 3 heterocycles. The van der Waals surface area contributed by atoms with Gasteiger partial charge in [-0.3, -0.25) is 24.1 Å². The molecule has 2 saturated carbocycles. The third-order valence-electron chi connectivity index (χ3n) is 10.7. The van der Waals surface area contributed by atoms with Gasteiger partial charge in [0.2, 0.25) is 11.8 Å². The summed E-state index contributed by atoms with van der Waals surface area (Å²) in [5, 5.41) is 5.82. The fourth-order valence-electron chi connectivity index (χ4n) is 8.87. The Hall–Kier alpha value is -4.19. The maximum atomic E-state index is 14.1. The van der Waals surface area contributed by atoms with Gasteiger partial charge in [0.1, 0.15) is 5.75 Å². The predicted molar refractivity (Wildman–Crippen MR) is 194 cm³/mol. The van der Waals surface area contributed by atoms with E-state index in [1.807, 2.05) is 91.9 Å². The molecule has 1 aromatic heterocycles. The number of thioether (sulfide) groups is 1. The number of amides is 3. The fraction of sp³-hybridized carbons (Fsp3) is 0.263. The number of carbonyl (C=O) groups is 3. The van der Waals surface area contributed by atoms with Crippen molar-refractivity contribution in [3.63, 3.8) is 0 Å². The number of thiazole rings is 1. The number of hydrogen-bond acceptors (Lipinski definition) is 7. The molecule has 11 heteroatoms. The van der Waals surface area contributed by atoms with E-state index in [2.05, 4.69) is 26.2 Å². The number of nitrogens with one attached hydrogen (secondary N) is 2. The van der Waals surface area contributed by atoms with Crippen LogP contribution in [0.5, 0.6) is 5.75 Å². The van der Waals surface area contributed by atoms with Gasteiger partial charge in [-0.1, -0.05) is 81.4 Å². The summed E-state index contributed by atoms with van der Waals surface area (Å²) in [4.78, 5) is 59.5.